The predicted octanol–water partition coefficient (Wildman–Crippen LogP) is 3.03. The van der Waals surface area contributed by atoms with Crippen LogP contribution < -0.4 is 0 Å². The molecule has 19 heavy (non-hydrogen) atoms. The van der Waals surface area contributed by atoms with Crippen LogP contribution in [-0.2, 0) is 4.74 Å². The van der Waals surface area contributed by atoms with E-state index in [1.807, 2.05) is 0 Å². The summed E-state index contributed by atoms with van der Waals surface area (Å²) in [5.41, 5.74) is 1.27. The van der Waals surface area contributed by atoms with Crippen LogP contribution in [0.2, 0.25) is 0 Å². The van der Waals surface area contributed by atoms with E-state index in [2.05, 4.69) is 62.9 Å². The normalized spacial score (nSPS) is 33.5. The molecule has 1 fully saturated rings. The Morgan fingerprint density at radius 3 is 2.47 bits per heavy atom. The Kier molecular flexibility index (Phi) is 2.72. The number of hydrogen-bond donors (Lipinski definition) is 0. The van der Waals surface area contributed by atoms with Gasteiger partial charge in [0.2, 0.25) is 5.90 Å². The van der Waals surface area contributed by atoms with Gasteiger partial charge in [-0.15, -0.1) is 0 Å². The van der Waals surface area contributed by atoms with Crippen molar-refractivity contribution in [1.82, 2.24) is 4.90 Å². The molecule has 0 N–H and O–H groups in total. The lowest BCUT2D eigenvalue weighted by Gasteiger charge is -2.18. The van der Waals surface area contributed by atoms with E-state index in [0.29, 0.717) is 12.6 Å². The maximum Gasteiger partial charge on any atom is 0.206 e. The lowest BCUT2D eigenvalue weighted by atomic mass is 10.1. The van der Waals surface area contributed by atoms with E-state index >= 15 is 0 Å². The minimum Gasteiger partial charge on any atom is -0.477 e. The number of hydrogen-bond acceptors (Lipinski definition) is 3. The highest BCUT2D eigenvalue weighted by Crippen LogP contribution is 2.43. The van der Waals surface area contributed by atoms with Gasteiger partial charge < -0.3 is 4.74 Å². The van der Waals surface area contributed by atoms with Crippen molar-refractivity contribution in [3.8, 4) is 0 Å². The molecule has 102 valence electrons. The zero-order valence-electron chi connectivity index (χ0n) is 12.2. The molecule has 2 heterocycles. The molecule has 3 rings (SSSR count). The smallest absolute Gasteiger partial charge is 0.206 e. The number of benzene rings is 1. The molecule has 1 saturated heterocycles. The third kappa shape index (κ3) is 2.16. The molecule has 0 radical (unpaired) electrons. The fraction of sp³-hybridized carbons (Fsp3) is 0.562. The van der Waals surface area contributed by atoms with Crippen molar-refractivity contribution in [1.29, 1.82) is 0 Å². The van der Waals surface area contributed by atoms with E-state index in [0.717, 1.165) is 12.4 Å². The summed E-state index contributed by atoms with van der Waals surface area (Å²) < 4.78 is 5.82. The van der Waals surface area contributed by atoms with Crippen LogP contribution >= 0.6 is 0 Å². The molecule has 2 aliphatic rings. The number of rotatable bonds is 3. The van der Waals surface area contributed by atoms with Crippen LogP contribution in [0.3, 0.4) is 0 Å². The van der Waals surface area contributed by atoms with E-state index in [9.17, 15) is 0 Å². The molecule has 1 unspecified atom stereocenters. The second kappa shape index (κ2) is 4.07. The zero-order chi connectivity index (χ0) is 13.7. The summed E-state index contributed by atoms with van der Waals surface area (Å²) >= 11 is 0. The van der Waals surface area contributed by atoms with E-state index in [1.165, 1.54) is 5.56 Å². The van der Waals surface area contributed by atoms with E-state index < -0.39 is 0 Å². The summed E-state index contributed by atoms with van der Waals surface area (Å²) in [4.78, 5) is 7.18. The summed E-state index contributed by atoms with van der Waals surface area (Å²) in [5, 5.41) is 0. The lowest BCUT2D eigenvalue weighted by Crippen LogP contribution is -2.27. The van der Waals surface area contributed by atoms with Gasteiger partial charge in [-0.3, -0.25) is 4.90 Å². The standard InChI is InChI=1S/C16H22N2O/c1-12(13-8-6-5-7-9-13)18-10-16(18,4)14-17-15(2,3)11-19-14/h5-9,12H,10-11H2,1-4H3/t12-,16-,18?/m1/s1. The Hall–Kier alpha value is -1.35. The number of aliphatic imine (C=N–C) groups is 1. The molecule has 3 heteroatoms. The summed E-state index contributed by atoms with van der Waals surface area (Å²) in [7, 11) is 0. The van der Waals surface area contributed by atoms with Crippen LogP contribution in [0.4, 0.5) is 0 Å². The highest BCUT2D eigenvalue weighted by molar-refractivity contribution is 5.91. The second-order valence-electron chi connectivity index (χ2n) is 6.51. The van der Waals surface area contributed by atoms with Crippen molar-refractivity contribution < 1.29 is 4.74 Å². The average Bonchev–Trinajstić information content (AvgIpc) is 2.94. The van der Waals surface area contributed by atoms with Crippen molar-refractivity contribution in [3.05, 3.63) is 35.9 Å². The lowest BCUT2D eigenvalue weighted by molar-refractivity contribution is 0.259. The number of nitrogens with zero attached hydrogens (tertiary/aromatic N) is 2. The molecule has 3 nitrogen and oxygen atoms in total. The summed E-state index contributed by atoms with van der Waals surface area (Å²) in [6.07, 6.45) is 0. The van der Waals surface area contributed by atoms with Crippen LogP contribution in [0.5, 0.6) is 0 Å². The topological polar surface area (TPSA) is 24.6 Å². The van der Waals surface area contributed by atoms with Crippen molar-refractivity contribution >= 4 is 5.90 Å². The maximum absolute atomic E-state index is 5.82. The monoisotopic (exact) mass is 258 g/mol. The minimum atomic E-state index is -0.0669. The molecule has 0 bridgehead atoms. The predicted molar refractivity (Wildman–Crippen MR) is 77.4 cm³/mol. The van der Waals surface area contributed by atoms with Crippen LogP contribution in [0.25, 0.3) is 0 Å². The van der Waals surface area contributed by atoms with Gasteiger partial charge >= 0.3 is 0 Å². The first-order valence-electron chi connectivity index (χ1n) is 6.97. The van der Waals surface area contributed by atoms with Crippen molar-refractivity contribution in [2.24, 2.45) is 4.99 Å². The summed E-state index contributed by atoms with van der Waals surface area (Å²) in [6.45, 7) is 10.4. The van der Waals surface area contributed by atoms with Gasteiger partial charge in [0.15, 0.2) is 0 Å². The SMILES string of the molecule is C[C@H](c1ccccc1)N1C[C@]1(C)C1=NC(C)(C)CO1. The molecular weight excluding hydrogens is 236 g/mol. The van der Waals surface area contributed by atoms with Gasteiger partial charge in [0.1, 0.15) is 12.1 Å². The first-order chi connectivity index (χ1) is 8.92. The fourth-order valence-corrected chi connectivity index (χ4v) is 2.82. The zero-order valence-corrected chi connectivity index (χ0v) is 12.2. The van der Waals surface area contributed by atoms with Gasteiger partial charge in [0.05, 0.1) is 5.54 Å². The minimum absolute atomic E-state index is 0.0109. The van der Waals surface area contributed by atoms with Crippen LogP contribution in [0, 0.1) is 0 Å². The summed E-state index contributed by atoms with van der Waals surface area (Å²) in [5.74, 6) is 0.917. The van der Waals surface area contributed by atoms with Gasteiger partial charge in [-0.1, -0.05) is 30.3 Å². The molecular formula is C16H22N2O. The first-order valence-corrected chi connectivity index (χ1v) is 6.97. The second-order valence-corrected chi connectivity index (χ2v) is 6.51. The Morgan fingerprint density at radius 1 is 1.21 bits per heavy atom. The molecule has 0 amide bonds. The fourth-order valence-electron chi connectivity index (χ4n) is 2.82. The maximum atomic E-state index is 5.82. The van der Waals surface area contributed by atoms with Crippen LogP contribution in [0.1, 0.15) is 39.3 Å². The number of ether oxygens (including phenoxy) is 1. The highest BCUT2D eigenvalue weighted by Gasteiger charge is 2.57. The van der Waals surface area contributed by atoms with Crippen LogP contribution in [-0.4, -0.2) is 35.0 Å². The van der Waals surface area contributed by atoms with Gasteiger partial charge in [-0.25, -0.2) is 4.99 Å². The van der Waals surface area contributed by atoms with Gasteiger partial charge in [-0.2, -0.15) is 0 Å². The molecule has 0 spiro atoms. The van der Waals surface area contributed by atoms with Gasteiger partial charge in [0.25, 0.3) is 0 Å². The first kappa shape index (κ1) is 12.7. The van der Waals surface area contributed by atoms with Gasteiger partial charge in [-0.05, 0) is 33.3 Å². The molecule has 0 aromatic heterocycles. The third-order valence-electron chi connectivity index (χ3n) is 4.19. The molecule has 1 aromatic carbocycles. The Labute approximate surface area is 115 Å². The largest absolute Gasteiger partial charge is 0.477 e. The average molecular weight is 258 g/mol. The van der Waals surface area contributed by atoms with Crippen LogP contribution in [0.15, 0.2) is 35.3 Å². The highest BCUT2D eigenvalue weighted by atomic mass is 16.5. The van der Waals surface area contributed by atoms with Crippen molar-refractivity contribution in [2.45, 2.75) is 44.8 Å². The van der Waals surface area contributed by atoms with E-state index in [1.54, 1.807) is 0 Å². The van der Waals surface area contributed by atoms with Crippen molar-refractivity contribution in [3.63, 3.8) is 0 Å². The summed E-state index contributed by atoms with van der Waals surface area (Å²) in [6, 6.07) is 11.0. The van der Waals surface area contributed by atoms with E-state index in [-0.39, 0.29) is 11.1 Å². The quantitative estimate of drug-likeness (QED) is 0.778. The molecule has 1 aromatic rings. The molecule has 2 aliphatic heterocycles. The Bertz CT molecular complexity index is 509. The Morgan fingerprint density at radius 2 is 1.89 bits per heavy atom. The van der Waals surface area contributed by atoms with Crippen molar-refractivity contribution in [2.75, 3.05) is 13.2 Å². The van der Waals surface area contributed by atoms with E-state index in [4.69, 9.17) is 9.73 Å². The molecule has 0 aliphatic carbocycles. The Balaban J connectivity index is 1.77. The van der Waals surface area contributed by atoms with Gasteiger partial charge in [0, 0.05) is 12.6 Å². The third-order valence-corrected chi connectivity index (χ3v) is 4.19. The molecule has 3 atom stereocenters. The molecule has 0 saturated carbocycles.